The maximum Gasteiger partial charge on any atom is 0.262 e. The predicted molar refractivity (Wildman–Crippen MR) is 97.9 cm³/mol. The van der Waals surface area contributed by atoms with Crippen LogP contribution in [-0.4, -0.2) is 40.5 Å². The number of hydrogen-bond donors (Lipinski definition) is 0. The zero-order valence-corrected chi connectivity index (χ0v) is 15.2. The van der Waals surface area contributed by atoms with Gasteiger partial charge in [-0.2, -0.15) is 0 Å². The van der Waals surface area contributed by atoms with E-state index in [1.165, 1.54) is 30.3 Å². The molecule has 0 unspecified atom stereocenters. The predicted octanol–water partition coefficient (Wildman–Crippen LogP) is 3.22. The van der Waals surface area contributed by atoms with E-state index in [1.807, 2.05) is 0 Å². The molecule has 0 spiro atoms. The number of halogens is 2. The Morgan fingerprint density at radius 2 is 1.67 bits per heavy atom. The lowest BCUT2D eigenvalue weighted by Crippen LogP contribution is -2.46. The van der Waals surface area contributed by atoms with Gasteiger partial charge in [0.2, 0.25) is 6.54 Å². The maximum atomic E-state index is 12.7. The van der Waals surface area contributed by atoms with Crippen LogP contribution in [-0.2, 0) is 4.79 Å². The van der Waals surface area contributed by atoms with Crippen molar-refractivity contribution in [3.63, 3.8) is 0 Å². The van der Waals surface area contributed by atoms with Gasteiger partial charge in [-0.05, 0) is 29.8 Å². The van der Waals surface area contributed by atoms with Crippen LogP contribution in [0.5, 0.6) is 0 Å². The minimum atomic E-state index is -1.39. The van der Waals surface area contributed by atoms with Crippen molar-refractivity contribution in [3.05, 3.63) is 79.3 Å². The molecular weight excluding hydrogens is 395 g/mol. The minimum Gasteiger partial charge on any atom is -0.301 e. The number of carbonyl (C=O) groups excluding carboxylic acids is 3. The molecule has 1 aliphatic heterocycles. The van der Waals surface area contributed by atoms with E-state index in [-0.39, 0.29) is 21.7 Å². The van der Waals surface area contributed by atoms with Crippen LogP contribution in [0.2, 0.25) is 10.0 Å². The summed E-state index contributed by atoms with van der Waals surface area (Å²) in [5.74, 6) is -2.47. The summed E-state index contributed by atoms with van der Waals surface area (Å²) in [5.41, 5.74) is 0.555. The van der Waals surface area contributed by atoms with Crippen molar-refractivity contribution in [2.75, 3.05) is 6.54 Å². The van der Waals surface area contributed by atoms with Crippen molar-refractivity contribution < 1.29 is 19.3 Å². The van der Waals surface area contributed by atoms with Gasteiger partial charge in [0.1, 0.15) is 12.3 Å². The lowest BCUT2D eigenvalue weighted by molar-refractivity contribution is -0.484. The molecule has 2 amide bonds. The van der Waals surface area contributed by atoms with Crippen LogP contribution in [0, 0.1) is 10.1 Å². The molecule has 0 bridgehead atoms. The average molecular weight is 407 g/mol. The summed E-state index contributed by atoms with van der Waals surface area (Å²) in [7, 11) is 0. The second-order valence-electron chi connectivity index (χ2n) is 5.94. The van der Waals surface area contributed by atoms with Crippen molar-refractivity contribution in [1.29, 1.82) is 0 Å². The molecule has 2 aromatic rings. The Balaban J connectivity index is 2.08. The van der Waals surface area contributed by atoms with Crippen LogP contribution in [0.4, 0.5) is 0 Å². The number of nitrogens with zero attached hydrogens (tertiary/aromatic N) is 2. The quantitative estimate of drug-likeness (QED) is 0.317. The zero-order chi connectivity index (χ0) is 19.7. The molecule has 3 rings (SSSR count). The third kappa shape index (κ3) is 3.43. The van der Waals surface area contributed by atoms with Gasteiger partial charge in [-0.25, -0.2) is 0 Å². The first-order valence-electron chi connectivity index (χ1n) is 7.84. The fraction of sp³-hybridized carbons (Fsp3) is 0.167. The summed E-state index contributed by atoms with van der Waals surface area (Å²) in [6.45, 7) is -0.696. The van der Waals surface area contributed by atoms with Crippen molar-refractivity contribution >= 4 is 41.3 Å². The van der Waals surface area contributed by atoms with E-state index in [1.54, 1.807) is 12.1 Å². The van der Waals surface area contributed by atoms with Gasteiger partial charge in [0.05, 0.1) is 17.0 Å². The third-order valence-corrected chi connectivity index (χ3v) is 4.95. The molecule has 1 aliphatic rings. The van der Waals surface area contributed by atoms with E-state index in [4.69, 9.17) is 23.2 Å². The molecule has 0 aromatic heterocycles. The zero-order valence-electron chi connectivity index (χ0n) is 13.7. The van der Waals surface area contributed by atoms with E-state index in [0.29, 0.717) is 11.3 Å². The average Bonchev–Trinajstić information content (AvgIpc) is 2.87. The number of nitro groups is 1. The van der Waals surface area contributed by atoms with Crippen molar-refractivity contribution in [2.24, 2.45) is 0 Å². The lowest BCUT2D eigenvalue weighted by atomic mass is 9.91. The van der Waals surface area contributed by atoms with Gasteiger partial charge in [0.25, 0.3) is 11.8 Å². The second kappa shape index (κ2) is 7.46. The Kier molecular flexibility index (Phi) is 5.25. The fourth-order valence-electron chi connectivity index (χ4n) is 3.17. The molecule has 0 saturated carbocycles. The summed E-state index contributed by atoms with van der Waals surface area (Å²) < 4.78 is 0. The molecule has 27 heavy (non-hydrogen) atoms. The molecule has 0 radical (unpaired) electrons. The first-order chi connectivity index (χ1) is 12.8. The Labute approximate surface area is 163 Å². The number of hydrogen-bond acceptors (Lipinski definition) is 5. The molecule has 0 saturated heterocycles. The lowest BCUT2D eigenvalue weighted by Gasteiger charge is -2.28. The summed E-state index contributed by atoms with van der Waals surface area (Å²) in [5, 5.41) is 11.6. The molecule has 0 aliphatic carbocycles. The van der Waals surface area contributed by atoms with Crippen molar-refractivity contribution in [1.82, 2.24) is 4.90 Å². The van der Waals surface area contributed by atoms with E-state index >= 15 is 0 Å². The Morgan fingerprint density at radius 1 is 1.07 bits per heavy atom. The van der Waals surface area contributed by atoms with Crippen molar-refractivity contribution in [2.45, 2.75) is 12.0 Å². The molecule has 0 fully saturated rings. The van der Waals surface area contributed by atoms with Crippen LogP contribution in [0.3, 0.4) is 0 Å². The highest BCUT2D eigenvalue weighted by atomic mass is 35.5. The van der Waals surface area contributed by atoms with Gasteiger partial charge in [0, 0.05) is 15.0 Å². The summed E-state index contributed by atoms with van der Waals surface area (Å²) in [6, 6.07) is 9.04. The fourth-order valence-corrected chi connectivity index (χ4v) is 3.72. The Morgan fingerprint density at radius 3 is 2.15 bits per heavy atom. The summed E-state index contributed by atoms with van der Waals surface area (Å²) in [4.78, 5) is 48.6. The number of amides is 2. The van der Waals surface area contributed by atoms with Gasteiger partial charge in [-0.15, -0.1) is 0 Å². The molecule has 9 heteroatoms. The highest BCUT2D eigenvalue weighted by molar-refractivity contribution is 6.35. The van der Waals surface area contributed by atoms with Gasteiger partial charge in [-0.1, -0.05) is 41.4 Å². The van der Waals surface area contributed by atoms with E-state index < -0.39 is 35.2 Å². The first-order valence-corrected chi connectivity index (χ1v) is 8.59. The maximum absolute atomic E-state index is 12.7. The molecule has 1 heterocycles. The number of carbonyl (C=O) groups is 3. The summed E-state index contributed by atoms with van der Waals surface area (Å²) in [6.07, 6.45) is 0.362. The molecule has 7 nitrogen and oxygen atoms in total. The van der Waals surface area contributed by atoms with Crippen LogP contribution < -0.4 is 0 Å². The number of aldehydes is 1. The molecule has 2 atom stereocenters. The minimum absolute atomic E-state index is 0.109. The number of fused-ring (bicyclic) bond motifs is 1. The number of imide groups is 1. The SMILES string of the molecule is O=C[C@@H]([C@@H](C[N+](=O)[O-])c1ccc(Cl)cc1Cl)N1C(=O)c2ccccc2C1=O. The van der Waals surface area contributed by atoms with E-state index in [0.717, 1.165) is 4.90 Å². The highest BCUT2D eigenvalue weighted by Gasteiger charge is 2.44. The molecule has 0 N–H and O–H groups in total. The monoisotopic (exact) mass is 406 g/mol. The van der Waals surface area contributed by atoms with E-state index in [2.05, 4.69) is 0 Å². The van der Waals surface area contributed by atoms with Gasteiger partial charge in [-0.3, -0.25) is 24.6 Å². The smallest absolute Gasteiger partial charge is 0.262 e. The van der Waals surface area contributed by atoms with Crippen molar-refractivity contribution in [3.8, 4) is 0 Å². The van der Waals surface area contributed by atoms with Crippen LogP contribution in [0.25, 0.3) is 0 Å². The van der Waals surface area contributed by atoms with Gasteiger partial charge >= 0.3 is 0 Å². The second-order valence-corrected chi connectivity index (χ2v) is 6.78. The van der Waals surface area contributed by atoms with Crippen LogP contribution >= 0.6 is 23.2 Å². The molecular formula is C18H12Cl2N2O5. The number of benzene rings is 2. The van der Waals surface area contributed by atoms with Gasteiger partial charge < -0.3 is 4.79 Å². The normalized spacial score (nSPS) is 15.4. The summed E-state index contributed by atoms with van der Waals surface area (Å²) >= 11 is 12.0. The largest absolute Gasteiger partial charge is 0.301 e. The first kappa shape index (κ1) is 19.0. The highest BCUT2D eigenvalue weighted by Crippen LogP contribution is 2.34. The van der Waals surface area contributed by atoms with Crippen LogP contribution in [0.15, 0.2) is 42.5 Å². The van der Waals surface area contributed by atoms with Gasteiger partial charge in [0.15, 0.2) is 0 Å². The standard InChI is InChI=1S/C18H12Cl2N2O5/c19-10-5-6-11(15(20)7-10)14(8-21(26)27)16(9-23)22-17(24)12-3-1-2-4-13(12)18(22)25/h1-7,9,14,16H,8H2/t14-,16-/m0/s1. The topological polar surface area (TPSA) is 97.6 Å². The van der Waals surface area contributed by atoms with E-state index in [9.17, 15) is 24.5 Å². The Hall–Kier alpha value is -2.77. The number of rotatable bonds is 6. The molecule has 2 aromatic carbocycles. The third-order valence-electron chi connectivity index (χ3n) is 4.38. The van der Waals surface area contributed by atoms with Crippen LogP contribution in [0.1, 0.15) is 32.2 Å². The Bertz CT molecular complexity index is 928. The molecule has 138 valence electrons.